The van der Waals surface area contributed by atoms with Gasteiger partial charge in [-0.3, -0.25) is 14.3 Å². The number of hydrogen-bond donors (Lipinski definition) is 2. The fraction of sp³-hybridized carbons (Fsp3) is 0.571. The minimum absolute atomic E-state index is 0.103. The van der Waals surface area contributed by atoms with Crippen molar-refractivity contribution in [1.82, 2.24) is 30.0 Å². The summed E-state index contributed by atoms with van der Waals surface area (Å²) in [6.07, 6.45) is 10.7. The number of nitrogens with zero attached hydrogens (tertiary/aromatic N) is 4. The first kappa shape index (κ1) is 24.7. The molecule has 3 heterocycles. The van der Waals surface area contributed by atoms with Gasteiger partial charge in [0.1, 0.15) is 11.6 Å². The highest BCUT2D eigenvalue weighted by Gasteiger charge is 2.53. The number of carbonyl (C=O) groups is 2. The molecule has 1 spiro atoms. The summed E-state index contributed by atoms with van der Waals surface area (Å²) >= 11 is 0. The highest BCUT2D eigenvalue weighted by Crippen LogP contribution is 2.51. The zero-order chi connectivity index (χ0) is 25.3. The number of likely N-dealkylation sites (tertiary alicyclic amines) is 1. The van der Waals surface area contributed by atoms with Gasteiger partial charge in [-0.1, -0.05) is 25.8 Å². The van der Waals surface area contributed by atoms with E-state index in [1.165, 1.54) is 0 Å². The molecule has 192 valence electrons. The molecule has 8 nitrogen and oxygen atoms in total. The molecule has 1 saturated carbocycles. The van der Waals surface area contributed by atoms with Crippen LogP contribution in [0.4, 0.5) is 0 Å². The number of imidazole rings is 1. The van der Waals surface area contributed by atoms with Crippen LogP contribution in [0.25, 0.3) is 22.2 Å². The third-order valence-electron chi connectivity index (χ3n) is 7.95. The van der Waals surface area contributed by atoms with Gasteiger partial charge in [0, 0.05) is 56.0 Å². The largest absolute Gasteiger partial charge is 0.346 e. The first-order chi connectivity index (χ1) is 17.3. The number of rotatable bonds is 11. The lowest BCUT2D eigenvalue weighted by Gasteiger charge is -2.57. The minimum Gasteiger partial charge on any atom is -0.346 e. The standard InChI is InChI=1S/C28H38N6O2/c1-4-22(35)8-6-5-7-9-24(31-27(36)21-13-28(14-21)17-33(2)18-28)26-29-15-25(30-26)19-10-11-23-20(12-19)16-34(3)32-23/h10-12,15-16,21,24H,4-9,13-14,17-18H2,1-3H3,(H,29,30)(H,31,36)/t24-/m0/s1. The average Bonchev–Trinajstić information content (AvgIpc) is 3.44. The fourth-order valence-corrected chi connectivity index (χ4v) is 6.10. The summed E-state index contributed by atoms with van der Waals surface area (Å²) in [5.41, 5.74) is 3.32. The minimum atomic E-state index is -0.157. The molecule has 1 amide bonds. The maximum Gasteiger partial charge on any atom is 0.223 e. The van der Waals surface area contributed by atoms with Gasteiger partial charge in [-0.05, 0) is 50.3 Å². The zero-order valence-corrected chi connectivity index (χ0v) is 21.7. The molecule has 1 aliphatic carbocycles. The number of amides is 1. The van der Waals surface area contributed by atoms with Crippen molar-refractivity contribution in [2.75, 3.05) is 20.1 Å². The van der Waals surface area contributed by atoms with Gasteiger partial charge in [0.2, 0.25) is 5.91 Å². The first-order valence-corrected chi connectivity index (χ1v) is 13.3. The number of fused-ring (bicyclic) bond motifs is 1. The molecule has 3 aromatic rings. The highest BCUT2D eigenvalue weighted by molar-refractivity contribution is 5.83. The molecule has 0 unspecified atom stereocenters. The topological polar surface area (TPSA) is 95.9 Å². The zero-order valence-electron chi connectivity index (χ0n) is 21.7. The summed E-state index contributed by atoms with van der Waals surface area (Å²) < 4.78 is 1.82. The summed E-state index contributed by atoms with van der Waals surface area (Å²) in [5.74, 6) is 1.37. The monoisotopic (exact) mass is 490 g/mol. The van der Waals surface area contributed by atoms with E-state index in [9.17, 15) is 9.59 Å². The number of aromatic amines is 1. The Morgan fingerprint density at radius 2 is 2.00 bits per heavy atom. The molecule has 1 aliphatic heterocycles. The Bertz CT molecular complexity index is 1230. The van der Waals surface area contributed by atoms with E-state index >= 15 is 0 Å². The molecule has 2 fully saturated rings. The van der Waals surface area contributed by atoms with Gasteiger partial charge >= 0.3 is 0 Å². The maximum atomic E-state index is 13.1. The molecule has 2 N–H and O–H groups in total. The van der Waals surface area contributed by atoms with Gasteiger partial charge in [-0.2, -0.15) is 5.10 Å². The van der Waals surface area contributed by atoms with Crippen LogP contribution in [0.5, 0.6) is 0 Å². The molecule has 0 radical (unpaired) electrons. The van der Waals surface area contributed by atoms with Crippen LogP contribution in [-0.2, 0) is 16.6 Å². The van der Waals surface area contributed by atoms with Gasteiger partial charge in [-0.15, -0.1) is 0 Å². The number of benzene rings is 1. The van der Waals surface area contributed by atoms with Crippen LogP contribution in [0.2, 0.25) is 0 Å². The highest BCUT2D eigenvalue weighted by atomic mass is 16.2. The molecule has 8 heteroatoms. The number of H-pyrrole nitrogens is 1. The lowest BCUT2D eigenvalue weighted by molar-refractivity contribution is -0.143. The van der Waals surface area contributed by atoms with Crippen LogP contribution in [0, 0.1) is 11.3 Å². The van der Waals surface area contributed by atoms with E-state index in [-0.39, 0.29) is 17.9 Å². The summed E-state index contributed by atoms with van der Waals surface area (Å²) in [7, 11) is 4.07. The Hall–Kier alpha value is -3.00. The van der Waals surface area contributed by atoms with E-state index in [0.29, 0.717) is 24.0 Å². The predicted molar refractivity (Wildman–Crippen MR) is 140 cm³/mol. The number of unbranched alkanes of at least 4 members (excludes halogenated alkanes) is 2. The second kappa shape index (κ2) is 10.2. The third-order valence-corrected chi connectivity index (χ3v) is 7.95. The number of nitrogens with one attached hydrogen (secondary N) is 2. The normalized spacial score (nSPS) is 18.2. The Kier molecular flexibility index (Phi) is 6.97. The van der Waals surface area contributed by atoms with Gasteiger partial charge in [0.15, 0.2) is 0 Å². The van der Waals surface area contributed by atoms with Crippen LogP contribution < -0.4 is 5.32 Å². The van der Waals surface area contributed by atoms with Gasteiger partial charge < -0.3 is 15.2 Å². The molecule has 36 heavy (non-hydrogen) atoms. The van der Waals surface area contributed by atoms with Crippen molar-refractivity contribution < 1.29 is 9.59 Å². The summed E-state index contributed by atoms with van der Waals surface area (Å²) in [6, 6.07) is 6.03. The molecule has 2 aliphatic rings. The number of aromatic nitrogens is 4. The maximum absolute atomic E-state index is 13.1. The number of aryl methyl sites for hydroxylation is 1. The Morgan fingerprint density at radius 1 is 1.19 bits per heavy atom. The van der Waals surface area contributed by atoms with Gasteiger partial charge in [0.25, 0.3) is 0 Å². The Morgan fingerprint density at radius 3 is 2.75 bits per heavy atom. The number of hydrogen-bond acceptors (Lipinski definition) is 5. The summed E-state index contributed by atoms with van der Waals surface area (Å²) in [4.78, 5) is 35.3. The second-order valence-electron chi connectivity index (χ2n) is 11.1. The summed E-state index contributed by atoms with van der Waals surface area (Å²) in [6.45, 7) is 4.14. The van der Waals surface area contributed by atoms with E-state index in [0.717, 1.165) is 79.6 Å². The van der Waals surface area contributed by atoms with Crippen molar-refractivity contribution in [2.45, 2.75) is 64.3 Å². The van der Waals surface area contributed by atoms with Crippen molar-refractivity contribution in [2.24, 2.45) is 18.4 Å². The van der Waals surface area contributed by atoms with Crippen LogP contribution >= 0.6 is 0 Å². The van der Waals surface area contributed by atoms with Crippen molar-refractivity contribution in [3.8, 4) is 11.3 Å². The predicted octanol–water partition coefficient (Wildman–Crippen LogP) is 4.39. The SMILES string of the molecule is CCC(=O)CCCCC[C@H](NC(=O)C1CC2(C1)CN(C)C2)c1ncc(-c2ccc3nn(C)cc3c2)[nH]1. The van der Waals surface area contributed by atoms with Gasteiger partial charge in [0.05, 0.1) is 23.4 Å². The number of ketones is 1. The quantitative estimate of drug-likeness (QED) is 0.389. The Labute approximate surface area is 212 Å². The molecular formula is C28H38N6O2. The lowest BCUT2D eigenvalue weighted by Crippen LogP contribution is -2.62. The van der Waals surface area contributed by atoms with Crippen molar-refractivity contribution in [3.05, 3.63) is 36.4 Å². The van der Waals surface area contributed by atoms with Crippen molar-refractivity contribution in [3.63, 3.8) is 0 Å². The Balaban J connectivity index is 1.25. The van der Waals surface area contributed by atoms with Crippen LogP contribution in [0.3, 0.4) is 0 Å². The first-order valence-electron chi connectivity index (χ1n) is 13.3. The number of Topliss-reactive ketones (excluding diaryl/α,β-unsaturated/α-hetero) is 1. The molecule has 2 aromatic heterocycles. The van der Waals surface area contributed by atoms with E-state index in [4.69, 9.17) is 0 Å². The number of carbonyl (C=O) groups excluding carboxylic acids is 2. The summed E-state index contributed by atoms with van der Waals surface area (Å²) in [5, 5.41) is 8.85. The van der Waals surface area contributed by atoms with E-state index in [1.807, 2.05) is 37.1 Å². The van der Waals surface area contributed by atoms with E-state index in [2.05, 4.69) is 44.5 Å². The molecule has 0 bridgehead atoms. The van der Waals surface area contributed by atoms with Gasteiger partial charge in [-0.25, -0.2) is 4.98 Å². The average molecular weight is 491 g/mol. The smallest absolute Gasteiger partial charge is 0.223 e. The van der Waals surface area contributed by atoms with Crippen LogP contribution in [0.1, 0.15) is 70.2 Å². The van der Waals surface area contributed by atoms with Crippen molar-refractivity contribution in [1.29, 1.82) is 0 Å². The molecule has 1 saturated heterocycles. The van der Waals surface area contributed by atoms with E-state index < -0.39 is 0 Å². The molecular weight excluding hydrogens is 452 g/mol. The van der Waals surface area contributed by atoms with E-state index in [1.54, 1.807) is 0 Å². The van der Waals surface area contributed by atoms with Crippen molar-refractivity contribution >= 4 is 22.6 Å². The molecule has 5 rings (SSSR count). The second-order valence-corrected chi connectivity index (χ2v) is 11.1. The fourth-order valence-electron chi connectivity index (χ4n) is 6.10. The lowest BCUT2D eigenvalue weighted by atomic mass is 9.57. The van der Waals surface area contributed by atoms with Crippen LogP contribution in [-0.4, -0.2) is 56.5 Å². The molecule has 1 atom stereocenters. The third kappa shape index (κ3) is 5.24. The van der Waals surface area contributed by atoms with Crippen LogP contribution in [0.15, 0.2) is 30.6 Å². The molecule has 1 aromatic carbocycles.